The van der Waals surface area contributed by atoms with Gasteiger partial charge in [0.25, 0.3) is 0 Å². The first kappa shape index (κ1) is 21.0. The van der Waals surface area contributed by atoms with Gasteiger partial charge in [-0.3, -0.25) is 0 Å². The van der Waals surface area contributed by atoms with Crippen molar-refractivity contribution in [2.24, 2.45) is 0 Å². The normalized spacial score (nSPS) is 11.8. The minimum Gasteiger partial charge on any atom is -0.507 e. The molecule has 0 aromatic heterocycles. The molecule has 0 fully saturated rings. The molecular formula is C21H27NO4S. The molecule has 0 aliphatic rings. The minimum atomic E-state index is -3.90. The van der Waals surface area contributed by atoms with Crippen molar-refractivity contribution in [1.29, 1.82) is 0 Å². The third kappa shape index (κ3) is 3.87. The molecule has 0 aliphatic heterocycles. The molecule has 0 bridgehead atoms. The fraction of sp³-hybridized carbons (Fsp3) is 0.333. The van der Waals surface area contributed by atoms with Gasteiger partial charge in [-0.2, -0.15) is 0 Å². The Labute approximate surface area is 161 Å². The highest BCUT2D eigenvalue weighted by molar-refractivity contribution is 7.89. The van der Waals surface area contributed by atoms with E-state index in [0.29, 0.717) is 24.0 Å². The van der Waals surface area contributed by atoms with Gasteiger partial charge in [0.1, 0.15) is 16.4 Å². The number of phenols is 2. The van der Waals surface area contributed by atoms with E-state index in [1.807, 2.05) is 39.0 Å². The predicted molar refractivity (Wildman–Crippen MR) is 110 cm³/mol. The molecule has 0 amide bonds. The molecule has 2 rings (SSSR count). The van der Waals surface area contributed by atoms with Crippen LogP contribution in [0.15, 0.2) is 35.7 Å². The number of hydrogen-bond donors (Lipinski definition) is 2. The molecule has 2 N–H and O–H groups in total. The molecule has 0 atom stereocenters. The van der Waals surface area contributed by atoms with Crippen molar-refractivity contribution in [3.63, 3.8) is 0 Å². The molecule has 27 heavy (non-hydrogen) atoms. The van der Waals surface area contributed by atoms with Gasteiger partial charge in [-0.05, 0) is 43.0 Å². The number of aryl methyl sites for hydroxylation is 2. The van der Waals surface area contributed by atoms with Crippen LogP contribution in [0.3, 0.4) is 0 Å². The van der Waals surface area contributed by atoms with Crippen molar-refractivity contribution in [2.75, 3.05) is 14.1 Å². The van der Waals surface area contributed by atoms with Crippen molar-refractivity contribution < 1.29 is 18.6 Å². The summed E-state index contributed by atoms with van der Waals surface area (Å²) in [5.74, 6) is -0.581. The summed E-state index contributed by atoms with van der Waals surface area (Å²) in [5, 5.41) is 21.7. The smallest absolute Gasteiger partial charge is 0.246 e. The zero-order valence-corrected chi connectivity index (χ0v) is 17.3. The topological polar surface area (TPSA) is 77.8 Å². The van der Waals surface area contributed by atoms with E-state index in [1.165, 1.54) is 20.2 Å². The van der Waals surface area contributed by atoms with Crippen LogP contribution < -0.4 is 0 Å². The van der Waals surface area contributed by atoms with E-state index in [-0.39, 0.29) is 16.2 Å². The Morgan fingerprint density at radius 1 is 1.19 bits per heavy atom. The van der Waals surface area contributed by atoms with Crippen LogP contribution in [-0.4, -0.2) is 37.0 Å². The quantitative estimate of drug-likeness (QED) is 0.772. The van der Waals surface area contributed by atoms with Crippen LogP contribution >= 0.6 is 0 Å². The Balaban J connectivity index is 2.97. The maximum atomic E-state index is 12.9. The van der Waals surface area contributed by atoms with Crippen LogP contribution in [0, 0.1) is 6.92 Å². The summed E-state index contributed by atoms with van der Waals surface area (Å²) in [6, 6.07) is 7.01. The van der Waals surface area contributed by atoms with Crippen molar-refractivity contribution in [3.05, 3.63) is 47.5 Å². The van der Waals surface area contributed by atoms with Gasteiger partial charge in [0.05, 0.1) is 5.56 Å². The lowest BCUT2D eigenvalue weighted by atomic mass is 9.91. The predicted octanol–water partition coefficient (Wildman–Crippen LogP) is 4.31. The lowest BCUT2D eigenvalue weighted by molar-refractivity contribution is 0.436. The molecule has 0 radical (unpaired) electrons. The van der Waals surface area contributed by atoms with Crippen molar-refractivity contribution >= 4 is 15.6 Å². The first-order valence-corrected chi connectivity index (χ1v) is 10.2. The summed E-state index contributed by atoms with van der Waals surface area (Å²) in [6.45, 7) is 9.58. The average Bonchev–Trinajstić information content (AvgIpc) is 2.54. The number of nitrogens with zero attached hydrogens (tertiary/aromatic N) is 1. The lowest BCUT2D eigenvalue weighted by Gasteiger charge is -2.21. The number of benzene rings is 2. The number of aromatic hydroxyl groups is 2. The molecule has 6 heteroatoms. The molecular weight excluding hydrogens is 362 g/mol. The maximum absolute atomic E-state index is 12.9. The van der Waals surface area contributed by atoms with E-state index in [2.05, 4.69) is 6.58 Å². The molecule has 0 aliphatic carbocycles. The standard InChI is InChI=1S/C21H27NO4S/c1-7-8-15-12-18(23)19(20(24)21(15)27(25,26)22(5)6)17-11-14(4)9-10-16(17)13(2)3/h9-12,23-24H,2,7-8H2,1,3-6H3. The Hall–Kier alpha value is -2.31. The van der Waals surface area contributed by atoms with Crippen LogP contribution in [0.1, 0.15) is 37.0 Å². The van der Waals surface area contributed by atoms with Gasteiger partial charge in [0.2, 0.25) is 10.0 Å². The van der Waals surface area contributed by atoms with E-state index in [4.69, 9.17) is 0 Å². The second-order valence-electron chi connectivity index (χ2n) is 6.97. The average molecular weight is 390 g/mol. The summed E-state index contributed by atoms with van der Waals surface area (Å²) in [4.78, 5) is -0.156. The first-order valence-electron chi connectivity index (χ1n) is 8.79. The highest BCUT2D eigenvalue weighted by Crippen LogP contribution is 2.46. The van der Waals surface area contributed by atoms with Crippen LogP contribution in [0.5, 0.6) is 11.5 Å². The van der Waals surface area contributed by atoms with E-state index in [1.54, 1.807) is 0 Å². The van der Waals surface area contributed by atoms with E-state index in [9.17, 15) is 18.6 Å². The second-order valence-corrected chi connectivity index (χ2v) is 9.06. The fourth-order valence-electron chi connectivity index (χ4n) is 3.12. The number of rotatable bonds is 6. The zero-order valence-electron chi connectivity index (χ0n) is 16.5. The molecule has 0 heterocycles. The third-order valence-corrected chi connectivity index (χ3v) is 6.41. The Bertz CT molecular complexity index is 992. The SMILES string of the molecule is C=C(C)c1ccc(C)cc1-c1c(O)cc(CCC)c(S(=O)(=O)N(C)C)c1O. The molecule has 146 valence electrons. The van der Waals surface area contributed by atoms with Crippen LogP contribution in [0.25, 0.3) is 16.7 Å². The van der Waals surface area contributed by atoms with E-state index in [0.717, 1.165) is 21.0 Å². The zero-order chi connectivity index (χ0) is 20.5. The van der Waals surface area contributed by atoms with Crippen LogP contribution in [-0.2, 0) is 16.4 Å². The van der Waals surface area contributed by atoms with Gasteiger partial charge in [0, 0.05) is 14.1 Å². The molecule has 0 saturated carbocycles. The van der Waals surface area contributed by atoms with E-state index >= 15 is 0 Å². The van der Waals surface area contributed by atoms with Crippen LogP contribution in [0.2, 0.25) is 0 Å². The molecule has 0 spiro atoms. The fourth-order valence-corrected chi connectivity index (χ4v) is 4.32. The summed E-state index contributed by atoms with van der Waals surface area (Å²) >= 11 is 0. The molecule has 2 aromatic rings. The van der Waals surface area contributed by atoms with Gasteiger partial charge in [-0.25, -0.2) is 12.7 Å². The van der Waals surface area contributed by atoms with Crippen LogP contribution in [0.4, 0.5) is 0 Å². The maximum Gasteiger partial charge on any atom is 0.246 e. The number of phenolic OH excluding ortho intramolecular Hbond substituents is 2. The highest BCUT2D eigenvalue weighted by atomic mass is 32.2. The molecule has 2 aromatic carbocycles. The van der Waals surface area contributed by atoms with Gasteiger partial charge in [-0.15, -0.1) is 0 Å². The largest absolute Gasteiger partial charge is 0.507 e. The monoisotopic (exact) mass is 389 g/mol. The molecule has 0 saturated heterocycles. The summed E-state index contributed by atoms with van der Waals surface area (Å²) < 4.78 is 26.9. The summed E-state index contributed by atoms with van der Waals surface area (Å²) in [7, 11) is -1.06. The van der Waals surface area contributed by atoms with E-state index < -0.39 is 15.8 Å². The molecule has 5 nitrogen and oxygen atoms in total. The van der Waals surface area contributed by atoms with Crippen molar-refractivity contribution in [3.8, 4) is 22.6 Å². The first-order chi connectivity index (χ1) is 12.5. The lowest BCUT2D eigenvalue weighted by Crippen LogP contribution is -2.23. The highest BCUT2D eigenvalue weighted by Gasteiger charge is 2.30. The number of sulfonamides is 1. The Morgan fingerprint density at radius 3 is 2.33 bits per heavy atom. The van der Waals surface area contributed by atoms with Gasteiger partial charge in [-0.1, -0.05) is 49.3 Å². The third-order valence-electron chi connectivity index (χ3n) is 4.47. The molecule has 0 unspecified atom stereocenters. The Morgan fingerprint density at radius 2 is 1.81 bits per heavy atom. The van der Waals surface area contributed by atoms with Crippen molar-refractivity contribution in [2.45, 2.75) is 38.5 Å². The van der Waals surface area contributed by atoms with Gasteiger partial charge in [0.15, 0.2) is 0 Å². The second kappa shape index (κ2) is 7.74. The number of hydrogen-bond acceptors (Lipinski definition) is 4. The van der Waals surface area contributed by atoms with Crippen molar-refractivity contribution in [1.82, 2.24) is 4.31 Å². The number of allylic oxidation sites excluding steroid dienone is 1. The Kier molecular flexibility index (Phi) is 6.02. The minimum absolute atomic E-state index is 0.108. The summed E-state index contributed by atoms with van der Waals surface area (Å²) in [5.41, 5.74) is 3.46. The van der Waals surface area contributed by atoms with Gasteiger partial charge >= 0.3 is 0 Å². The van der Waals surface area contributed by atoms with Gasteiger partial charge < -0.3 is 10.2 Å². The summed E-state index contributed by atoms with van der Waals surface area (Å²) in [6.07, 6.45) is 1.10.